The van der Waals surface area contributed by atoms with Crippen molar-refractivity contribution in [3.63, 3.8) is 0 Å². The van der Waals surface area contributed by atoms with Crippen molar-refractivity contribution in [2.45, 2.75) is 18.8 Å². The molecule has 0 aliphatic carbocycles. The van der Waals surface area contributed by atoms with E-state index in [9.17, 15) is 9.59 Å². The SMILES string of the molecule is COC(=O)C(CCC(N)=O)c1[c]cccc1. The summed E-state index contributed by atoms with van der Waals surface area (Å²) in [6, 6.07) is 10.1. The average molecular weight is 220 g/mol. The molecule has 16 heavy (non-hydrogen) atoms. The van der Waals surface area contributed by atoms with Gasteiger partial charge in [0.15, 0.2) is 0 Å². The van der Waals surface area contributed by atoms with Gasteiger partial charge in [-0.05, 0) is 18.1 Å². The van der Waals surface area contributed by atoms with Crippen LogP contribution in [0.25, 0.3) is 0 Å². The first kappa shape index (κ1) is 12.2. The third kappa shape index (κ3) is 3.38. The van der Waals surface area contributed by atoms with Gasteiger partial charge in [0.2, 0.25) is 5.91 Å². The van der Waals surface area contributed by atoms with Crippen molar-refractivity contribution in [1.82, 2.24) is 0 Å². The zero-order valence-electron chi connectivity index (χ0n) is 9.10. The van der Waals surface area contributed by atoms with E-state index in [0.29, 0.717) is 6.42 Å². The van der Waals surface area contributed by atoms with Crippen LogP contribution in [-0.2, 0) is 14.3 Å². The zero-order chi connectivity index (χ0) is 12.0. The lowest BCUT2D eigenvalue weighted by Crippen LogP contribution is -2.18. The first-order valence-electron chi connectivity index (χ1n) is 4.98. The first-order chi connectivity index (χ1) is 7.65. The summed E-state index contributed by atoms with van der Waals surface area (Å²) in [5, 5.41) is 0. The molecule has 0 saturated heterocycles. The Morgan fingerprint density at radius 2 is 2.25 bits per heavy atom. The van der Waals surface area contributed by atoms with Crippen LogP contribution in [-0.4, -0.2) is 19.0 Å². The van der Waals surface area contributed by atoms with Crippen LogP contribution in [0.3, 0.4) is 0 Å². The number of esters is 1. The molecular weight excluding hydrogens is 206 g/mol. The van der Waals surface area contributed by atoms with Gasteiger partial charge in [-0.15, -0.1) is 0 Å². The number of rotatable bonds is 5. The van der Waals surface area contributed by atoms with Crippen molar-refractivity contribution in [1.29, 1.82) is 0 Å². The maximum absolute atomic E-state index is 11.5. The number of primary amides is 1. The fourth-order valence-corrected chi connectivity index (χ4v) is 1.45. The highest BCUT2D eigenvalue weighted by Crippen LogP contribution is 2.21. The number of hydrogen-bond acceptors (Lipinski definition) is 3. The quantitative estimate of drug-likeness (QED) is 0.753. The van der Waals surface area contributed by atoms with Gasteiger partial charge in [0.05, 0.1) is 13.0 Å². The lowest BCUT2D eigenvalue weighted by molar-refractivity contribution is -0.142. The second-order valence-corrected chi connectivity index (χ2v) is 3.40. The summed E-state index contributed by atoms with van der Waals surface area (Å²) in [4.78, 5) is 22.2. The predicted molar refractivity (Wildman–Crippen MR) is 58.5 cm³/mol. The number of ether oxygens (including phenoxy) is 1. The van der Waals surface area contributed by atoms with Gasteiger partial charge < -0.3 is 10.5 Å². The van der Waals surface area contributed by atoms with Gasteiger partial charge >= 0.3 is 5.97 Å². The van der Waals surface area contributed by atoms with Crippen LogP contribution in [0, 0.1) is 6.07 Å². The second-order valence-electron chi connectivity index (χ2n) is 3.40. The minimum absolute atomic E-state index is 0.155. The van der Waals surface area contributed by atoms with E-state index in [-0.39, 0.29) is 12.4 Å². The molecule has 1 atom stereocenters. The molecule has 2 N–H and O–H groups in total. The van der Waals surface area contributed by atoms with Crippen LogP contribution in [0.4, 0.5) is 0 Å². The number of methoxy groups -OCH3 is 1. The summed E-state index contributed by atoms with van der Waals surface area (Å²) in [5.74, 6) is -1.27. The molecule has 0 saturated carbocycles. The summed E-state index contributed by atoms with van der Waals surface area (Å²) >= 11 is 0. The summed E-state index contributed by atoms with van der Waals surface area (Å²) < 4.78 is 4.69. The van der Waals surface area contributed by atoms with Crippen molar-refractivity contribution in [3.8, 4) is 0 Å². The first-order valence-corrected chi connectivity index (χ1v) is 4.98. The van der Waals surface area contributed by atoms with Crippen LogP contribution < -0.4 is 5.73 Å². The molecule has 1 radical (unpaired) electrons. The average Bonchev–Trinajstić information content (AvgIpc) is 2.30. The Morgan fingerprint density at radius 3 is 2.75 bits per heavy atom. The van der Waals surface area contributed by atoms with Crippen LogP contribution in [0.2, 0.25) is 0 Å². The molecular formula is C12H14NO3. The van der Waals surface area contributed by atoms with Gasteiger partial charge in [-0.25, -0.2) is 0 Å². The molecule has 1 amide bonds. The fraction of sp³-hybridized carbons (Fsp3) is 0.333. The highest BCUT2D eigenvalue weighted by atomic mass is 16.5. The van der Waals surface area contributed by atoms with Crippen LogP contribution >= 0.6 is 0 Å². The molecule has 4 nitrogen and oxygen atoms in total. The minimum atomic E-state index is -0.473. The molecule has 0 heterocycles. The highest BCUT2D eigenvalue weighted by Gasteiger charge is 2.21. The molecule has 1 aromatic carbocycles. The fourth-order valence-electron chi connectivity index (χ4n) is 1.45. The molecule has 0 aliphatic heterocycles. The van der Waals surface area contributed by atoms with E-state index in [4.69, 9.17) is 5.73 Å². The molecule has 4 heteroatoms. The Kier molecular flexibility index (Phi) is 4.51. The molecule has 1 rings (SSSR count). The third-order valence-corrected chi connectivity index (χ3v) is 2.27. The highest BCUT2D eigenvalue weighted by molar-refractivity contribution is 5.80. The van der Waals surface area contributed by atoms with E-state index < -0.39 is 11.8 Å². The van der Waals surface area contributed by atoms with Crippen LogP contribution in [0.5, 0.6) is 0 Å². The Balaban J connectivity index is 2.79. The van der Waals surface area contributed by atoms with Gasteiger partial charge in [0, 0.05) is 6.42 Å². The lowest BCUT2D eigenvalue weighted by atomic mass is 9.94. The van der Waals surface area contributed by atoms with Gasteiger partial charge in [-0.1, -0.05) is 24.3 Å². The number of carbonyl (C=O) groups excluding carboxylic acids is 2. The summed E-state index contributed by atoms with van der Waals surface area (Å²) in [6.45, 7) is 0. The number of amides is 1. The Hall–Kier alpha value is -1.84. The zero-order valence-corrected chi connectivity index (χ0v) is 9.10. The second kappa shape index (κ2) is 5.90. The molecule has 0 fully saturated rings. The summed E-state index contributed by atoms with van der Waals surface area (Å²) in [7, 11) is 1.32. The van der Waals surface area contributed by atoms with Gasteiger partial charge in [-0.3, -0.25) is 9.59 Å². The van der Waals surface area contributed by atoms with Crippen molar-refractivity contribution < 1.29 is 14.3 Å². The molecule has 0 spiro atoms. The monoisotopic (exact) mass is 220 g/mol. The molecule has 0 aromatic heterocycles. The molecule has 1 aromatic rings. The Bertz CT molecular complexity index is 362. The lowest BCUT2D eigenvalue weighted by Gasteiger charge is -2.13. The maximum Gasteiger partial charge on any atom is 0.313 e. The number of benzene rings is 1. The Morgan fingerprint density at radius 1 is 1.50 bits per heavy atom. The number of nitrogens with two attached hydrogens (primary N) is 1. The van der Waals surface area contributed by atoms with Gasteiger partial charge in [0.25, 0.3) is 0 Å². The van der Waals surface area contributed by atoms with E-state index in [1.807, 2.05) is 12.1 Å². The topological polar surface area (TPSA) is 69.4 Å². The van der Waals surface area contributed by atoms with Crippen molar-refractivity contribution in [2.24, 2.45) is 5.73 Å². The van der Waals surface area contributed by atoms with E-state index in [0.717, 1.165) is 5.56 Å². The predicted octanol–water partition coefficient (Wildman–Crippen LogP) is 1.01. The normalized spacial score (nSPS) is 11.8. The smallest absolute Gasteiger partial charge is 0.313 e. The number of hydrogen-bond donors (Lipinski definition) is 1. The summed E-state index contributed by atoms with van der Waals surface area (Å²) in [5.41, 5.74) is 5.78. The van der Waals surface area contributed by atoms with E-state index >= 15 is 0 Å². The standard InChI is InChI=1S/C12H14NO3/c1-16-12(15)10(7-8-11(13)14)9-5-3-2-4-6-9/h2-5,10H,7-8H2,1H3,(H2,13,14). The van der Waals surface area contributed by atoms with Crippen LogP contribution in [0.1, 0.15) is 24.3 Å². The van der Waals surface area contributed by atoms with Crippen LogP contribution in [0.15, 0.2) is 24.3 Å². The molecule has 85 valence electrons. The van der Waals surface area contributed by atoms with Gasteiger partial charge in [-0.2, -0.15) is 0 Å². The molecule has 0 bridgehead atoms. The maximum atomic E-state index is 11.5. The van der Waals surface area contributed by atoms with E-state index in [1.165, 1.54) is 7.11 Å². The van der Waals surface area contributed by atoms with E-state index in [2.05, 4.69) is 10.8 Å². The molecule has 0 aliphatic rings. The summed E-state index contributed by atoms with van der Waals surface area (Å²) in [6.07, 6.45) is 0.505. The third-order valence-electron chi connectivity index (χ3n) is 2.27. The van der Waals surface area contributed by atoms with E-state index in [1.54, 1.807) is 12.1 Å². The number of carbonyl (C=O) groups is 2. The van der Waals surface area contributed by atoms with Crippen molar-refractivity contribution >= 4 is 11.9 Å². The Labute approximate surface area is 94.4 Å². The minimum Gasteiger partial charge on any atom is -0.469 e. The largest absolute Gasteiger partial charge is 0.469 e. The van der Waals surface area contributed by atoms with Gasteiger partial charge in [0.1, 0.15) is 0 Å². The molecule has 1 unspecified atom stereocenters. The van der Waals surface area contributed by atoms with Crippen molar-refractivity contribution in [2.75, 3.05) is 7.11 Å². The van der Waals surface area contributed by atoms with Crippen molar-refractivity contribution in [3.05, 3.63) is 35.9 Å².